The number of methoxy groups -OCH3 is 1. The van der Waals surface area contributed by atoms with E-state index in [0.717, 1.165) is 11.3 Å². The zero-order chi connectivity index (χ0) is 22.8. The average Bonchev–Trinajstić information content (AvgIpc) is 3.34. The second kappa shape index (κ2) is 8.66. The van der Waals surface area contributed by atoms with Gasteiger partial charge in [-0.1, -0.05) is 12.1 Å². The summed E-state index contributed by atoms with van der Waals surface area (Å²) in [5, 5.41) is 4.67. The first-order chi connectivity index (χ1) is 15.4. The molecule has 8 heteroatoms. The number of carbonyl (C=O) groups is 1. The largest absolute Gasteiger partial charge is 0.481 e. The number of hydrogen-bond donors (Lipinski definition) is 0. The second-order valence-corrected chi connectivity index (χ2v) is 7.40. The normalized spacial score (nSPS) is 11.0. The molecule has 0 unspecified atom stereocenters. The van der Waals surface area contributed by atoms with E-state index in [1.165, 1.54) is 30.9 Å². The lowest BCUT2D eigenvalue weighted by atomic mass is 9.97. The number of pyridine rings is 1. The molecule has 164 valence electrons. The number of aryl methyl sites for hydroxylation is 2. The van der Waals surface area contributed by atoms with Gasteiger partial charge in [0, 0.05) is 36.8 Å². The van der Waals surface area contributed by atoms with Crippen LogP contribution >= 0.6 is 0 Å². The number of nitrogens with zero attached hydrogens (tertiary/aromatic N) is 3. The number of carbonyl (C=O) groups excluding carboxylic acids is 1. The highest BCUT2D eigenvalue weighted by Gasteiger charge is 2.19. The Kier molecular flexibility index (Phi) is 5.77. The van der Waals surface area contributed by atoms with Crippen molar-refractivity contribution in [2.24, 2.45) is 7.05 Å². The molecular formula is C24H22FN3O4. The molecule has 0 fully saturated rings. The molecule has 0 spiro atoms. The number of esters is 1. The van der Waals surface area contributed by atoms with Gasteiger partial charge in [-0.15, -0.1) is 0 Å². The van der Waals surface area contributed by atoms with E-state index in [0.29, 0.717) is 28.7 Å². The van der Waals surface area contributed by atoms with Gasteiger partial charge in [0.05, 0.1) is 18.3 Å². The van der Waals surface area contributed by atoms with Crippen molar-refractivity contribution in [3.8, 4) is 11.4 Å². The molecule has 0 N–H and O–H groups in total. The monoisotopic (exact) mass is 435 g/mol. The van der Waals surface area contributed by atoms with E-state index in [1.54, 1.807) is 17.8 Å². The lowest BCUT2D eigenvalue weighted by Gasteiger charge is -2.17. The van der Waals surface area contributed by atoms with Gasteiger partial charge in [0.15, 0.2) is 6.61 Å². The quantitative estimate of drug-likeness (QED) is 0.435. The summed E-state index contributed by atoms with van der Waals surface area (Å²) in [6.07, 6.45) is 3.92. The van der Waals surface area contributed by atoms with Crippen LogP contribution in [0, 0.1) is 12.7 Å². The highest BCUT2D eigenvalue weighted by molar-refractivity contribution is 5.90. The Bertz CT molecular complexity index is 1340. The average molecular weight is 435 g/mol. The van der Waals surface area contributed by atoms with E-state index in [4.69, 9.17) is 4.74 Å². The predicted octanol–water partition coefficient (Wildman–Crippen LogP) is 3.31. The first kappa shape index (κ1) is 21.3. The van der Waals surface area contributed by atoms with Gasteiger partial charge in [-0.05, 0) is 48.4 Å². The van der Waals surface area contributed by atoms with Crippen LogP contribution in [0.25, 0.3) is 16.6 Å². The molecule has 2 aromatic heterocycles. The van der Waals surface area contributed by atoms with Crippen LogP contribution in [-0.4, -0.2) is 34.0 Å². The summed E-state index contributed by atoms with van der Waals surface area (Å²) in [7, 11) is 2.79. The highest BCUT2D eigenvalue weighted by atomic mass is 19.1. The zero-order valence-electron chi connectivity index (χ0n) is 18.0. The summed E-state index contributed by atoms with van der Waals surface area (Å²) >= 11 is 0. The molecule has 0 saturated carbocycles. The first-order valence-electron chi connectivity index (χ1n) is 10.00. The van der Waals surface area contributed by atoms with Gasteiger partial charge in [-0.2, -0.15) is 5.10 Å². The number of halogens is 1. The fourth-order valence-electron chi connectivity index (χ4n) is 3.77. The first-order valence-corrected chi connectivity index (χ1v) is 10.00. The molecule has 0 amide bonds. The molecule has 0 saturated heterocycles. The minimum Gasteiger partial charge on any atom is -0.481 e. The number of fused-ring (bicyclic) bond motifs is 1. The maximum atomic E-state index is 14.7. The van der Waals surface area contributed by atoms with E-state index in [2.05, 4.69) is 9.84 Å². The van der Waals surface area contributed by atoms with Gasteiger partial charge >= 0.3 is 5.97 Å². The summed E-state index contributed by atoms with van der Waals surface area (Å²) < 4.78 is 27.9. The van der Waals surface area contributed by atoms with E-state index in [1.807, 2.05) is 36.5 Å². The molecule has 2 heterocycles. The van der Waals surface area contributed by atoms with Crippen LogP contribution in [0.1, 0.15) is 16.7 Å². The van der Waals surface area contributed by atoms with Gasteiger partial charge in [-0.25, -0.2) is 13.9 Å². The van der Waals surface area contributed by atoms with Crippen molar-refractivity contribution in [2.45, 2.75) is 13.3 Å². The molecule has 0 bridgehead atoms. The summed E-state index contributed by atoms with van der Waals surface area (Å²) in [4.78, 5) is 24.6. The molecule has 0 aliphatic rings. The Balaban J connectivity index is 1.77. The number of aromatic nitrogens is 3. The standard InChI is InChI=1S/C24H22FN3O4/c1-15-18(13-16-5-7-17(8-6-16)28-12-4-11-26-28)24(30)27(2)23-19(25)9-10-20(22(15)23)32-14-21(29)31-3/h4-12H,13-14H2,1-3H3. The van der Waals surface area contributed by atoms with Crippen LogP contribution in [0.4, 0.5) is 4.39 Å². The Labute approximate surface area is 183 Å². The van der Waals surface area contributed by atoms with Crippen molar-refractivity contribution in [1.29, 1.82) is 0 Å². The van der Waals surface area contributed by atoms with E-state index in [9.17, 15) is 14.0 Å². The van der Waals surface area contributed by atoms with Crippen LogP contribution in [0.15, 0.2) is 59.7 Å². The summed E-state index contributed by atoms with van der Waals surface area (Å²) in [5.41, 5.74) is 2.82. The fraction of sp³-hybridized carbons (Fsp3) is 0.208. The maximum Gasteiger partial charge on any atom is 0.343 e. The van der Waals surface area contributed by atoms with Gasteiger partial charge in [0.1, 0.15) is 11.6 Å². The summed E-state index contributed by atoms with van der Waals surface area (Å²) in [6.45, 7) is 1.45. The number of benzene rings is 2. The lowest BCUT2D eigenvalue weighted by Crippen LogP contribution is -2.24. The fourth-order valence-corrected chi connectivity index (χ4v) is 3.77. The minimum atomic E-state index is -0.553. The Morgan fingerprint density at radius 1 is 1.16 bits per heavy atom. The molecule has 4 aromatic rings. The number of rotatable bonds is 6. The van der Waals surface area contributed by atoms with Crippen LogP contribution in [-0.2, 0) is 23.0 Å². The molecule has 0 aliphatic heterocycles. The lowest BCUT2D eigenvalue weighted by molar-refractivity contribution is -0.142. The van der Waals surface area contributed by atoms with Gasteiger partial charge in [0.2, 0.25) is 0 Å². The zero-order valence-corrected chi connectivity index (χ0v) is 18.0. The van der Waals surface area contributed by atoms with Crippen molar-refractivity contribution in [1.82, 2.24) is 14.3 Å². The Hall–Kier alpha value is -3.94. The van der Waals surface area contributed by atoms with Crippen LogP contribution in [0.3, 0.4) is 0 Å². The molecule has 32 heavy (non-hydrogen) atoms. The Morgan fingerprint density at radius 3 is 2.56 bits per heavy atom. The van der Waals surface area contributed by atoms with Gasteiger partial charge < -0.3 is 14.0 Å². The van der Waals surface area contributed by atoms with Crippen LogP contribution < -0.4 is 10.3 Å². The molecule has 2 aromatic carbocycles. The van der Waals surface area contributed by atoms with E-state index in [-0.39, 0.29) is 17.7 Å². The van der Waals surface area contributed by atoms with Crippen LogP contribution in [0.5, 0.6) is 5.75 Å². The molecule has 4 rings (SSSR count). The summed E-state index contributed by atoms with van der Waals surface area (Å²) in [6, 6.07) is 12.2. The van der Waals surface area contributed by atoms with Gasteiger partial charge in [-0.3, -0.25) is 4.79 Å². The number of ether oxygens (including phenoxy) is 2. The molecular weight excluding hydrogens is 413 g/mol. The Morgan fingerprint density at radius 2 is 1.91 bits per heavy atom. The third kappa shape index (κ3) is 3.87. The van der Waals surface area contributed by atoms with Crippen molar-refractivity contribution >= 4 is 16.9 Å². The third-order valence-electron chi connectivity index (χ3n) is 5.48. The SMILES string of the molecule is COC(=O)COc1ccc(F)c2c1c(C)c(Cc1ccc(-n3cccn3)cc1)c(=O)n2C. The van der Waals surface area contributed by atoms with E-state index >= 15 is 0 Å². The number of hydrogen-bond acceptors (Lipinski definition) is 5. The smallest absolute Gasteiger partial charge is 0.343 e. The van der Waals surface area contributed by atoms with Gasteiger partial charge in [0.25, 0.3) is 5.56 Å². The second-order valence-electron chi connectivity index (χ2n) is 7.40. The molecule has 0 radical (unpaired) electrons. The van der Waals surface area contributed by atoms with Crippen molar-refractivity contribution in [3.05, 3.63) is 87.7 Å². The van der Waals surface area contributed by atoms with Crippen LogP contribution in [0.2, 0.25) is 0 Å². The van der Waals surface area contributed by atoms with Crippen molar-refractivity contribution in [3.63, 3.8) is 0 Å². The predicted molar refractivity (Wildman–Crippen MR) is 118 cm³/mol. The summed E-state index contributed by atoms with van der Waals surface area (Å²) in [5.74, 6) is -0.777. The topological polar surface area (TPSA) is 75.3 Å². The molecule has 7 nitrogen and oxygen atoms in total. The van der Waals surface area contributed by atoms with Crippen molar-refractivity contribution in [2.75, 3.05) is 13.7 Å². The molecule has 0 atom stereocenters. The third-order valence-corrected chi connectivity index (χ3v) is 5.48. The highest BCUT2D eigenvalue weighted by Crippen LogP contribution is 2.32. The minimum absolute atomic E-state index is 0.132. The maximum absolute atomic E-state index is 14.7. The molecule has 0 aliphatic carbocycles. The van der Waals surface area contributed by atoms with E-state index < -0.39 is 11.8 Å². The van der Waals surface area contributed by atoms with Crippen molar-refractivity contribution < 1.29 is 18.7 Å².